The fourth-order valence-corrected chi connectivity index (χ4v) is 3.51. The summed E-state index contributed by atoms with van der Waals surface area (Å²) in [5.41, 5.74) is 9.65. The summed E-state index contributed by atoms with van der Waals surface area (Å²) in [6.07, 6.45) is 6.39. The average Bonchev–Trinajstić information content (AvgIpc) is 2.81. The van der Waals surface area contributed by atoms with Crippen molar-refractivity contribution in [2.45, 2.75) is 32.6 Å². The lowest BCUT2D eigenvalue weighted by atomic mass is 10.1. The largest absolute Gasteiger partial charge is 0.464 e. The topological polar surface area (TPSA) is 84.3 Å². The smallest absolute Gasteiger partial charge is 0.357 e. The van der Waals surface area contributed by atoms with E-state index in [4.69, 9.17) is 10.5 Å². The Morgan fingerprint density at radius 1 is 1.19 bits per heavy atom. The number of carbonyl (C=O) groups is 1. The second kappa shape index (κ2) is 7.52. The maximum Gasteiger partial charge on any atom is 0.357 e. The van der Waals surface area contributed by atoms with Crippen LogP contribution < -0.4 is 10.6 Å². The van der Waals surface area contributed by atoms with Gasteiger partial charge < -0.3 is 19.9 Å². The molecule has 0 spiro atoms. The molecule has 1 saturated heterocycles. The highest BCUT2D eigenvalue weighted by molar-refractivity contribution is 5.96. The Bertz CT molecular complexity index is 855. The molecule has 136 valence electrons. The van der Waals surface area contributed by atoms with Crippen LogP contribution in [0.2, 0.25) is 0 Å². The number of aryl methyl sites for hydroxylation is 1. The predicted octanol–water partition coefficient (Wildman–Crippen LogP) is 3.41. The molecule has 6 heteroatoms. The lowest BCUT2D eigenvalue weighted by molar-refractivity contribution is 0.0593. The first kappa shape index (κ1) is 17.9. The molecule has 1 aromatic carbocycles. The van der Waals surface area contributed by atoms with Crippen LogP contribution >= 0.6 is 0 Å². The third-order valence-electron chi connectivity index (χ3n) is 4.88. The average molecular weight is 352 g/mol. The van der Waals surface area contributed by atoms with Gasteiger partial charge in [-0.2, -0.15) is 5.26 Å². The van der Waals surface area contributed by atoms with Crippen LogP contribution in [0.5, 0.6) is 0 Å². The highest BCUT2D eigenvalue weighted by Gasteiger charge is 2.24. The summed E-state index contributed by atoms with van der Waals surface area (Å²) in [5.74, 6) is -0.549. The zero-order chi connectivity index (χ0) is 18.7. The summed E-state index contributed by atoms with van der Waals surface area (Å²) in [7, 11) is 1.32. The van der Waals surface area contributed by atoms with E-state index in [2.05, 4.69) is 23.1 Å². The van der Waals surface area contributed by atoms with Crippen molar-refractivity contribution in [2.24, 2.45) is 0 Å². The van der Waals surface area contributed by atoms with Crippen LogP contribution in [0.1, 0.15) is 47.3 Å². The van der Waals surface area contributed by atoms with Crippen LogP contribution in [0.3, 0.4) is 0 Å². The van der Waals surface area contributed by atoms with Crippen LogP contribution in [0.4, 0.5) is 11.4 Å². The molecule has 1 aliphatic heterocycles. The number of nitrogen functional groups attached to an aromatic ring is 1. The Hall–Kier alpha value is -2.94. The Kier molecular flexibility index (Phi) is 5.17. The molecular formula is C20H24N4O2. The summed E-state index contributed by atoms with van der Waals surface area (Å²) < 4.78 is 6.61. The van der Waals surface area contributed by atoms with Crippen LogP contribution in [-0.2, 0) is 4.74 Å². The van der Waals surface area contributed by atoms with Crippen LogP contribution in [0, 0.1) is 18.3 Å². The number of hydrogen-bond acceptors (Lipinski definition) is 5. The van der Waals surface area contributed by atoms with Crippen LogP contribution in [0.25, 0.3) is 5.69 Å². The lowest BCUT2D eigenvalue weighted by Crippen LogP contribution is -2.25. The van der Waals surface area contributed by atoms with Crippen LogP contribution in [-0.4, -0.2) is 30.7 Å². The summed E-state index contributed by atoms with van der Waals surface area (Å²) in [6.45, 7) is 3.96. The minimum atomic E-state index is -0.549. The molecule has 1 fully saturated rings. The van der Waals surface area contributed by atoms with Crippen LogP contribution in [0.15, 0.2) is 24.4 Å². The molecule has 2 aromatic rings. The summed E-state index contributed by atoms with van der Waals surface area (Å²) >= 11 is 0. The van der Waals surface area contributed by atoms with Gasteiger partial charge in [-0.1, -0.05) is 18.9 Å². The minimum Gasteiger partial charge on any atom is -0.464 e. The van der Waals surface area contributed by atoms with Gasteiger partial charge >= 0.3 is 5.97 Å². The van der Waals surface area contributed by atoms with Gasteiger partial charge in [0.05, 0.1) is 29.7 Å². The van der Waals surface area contributed by atoms with E-state index in [9.17, 15) is 10.1 Å². The SMILES string of the molecule is COC(=O)c1c(N)c(C#N)cn1-c1cc(C)ccc1N1CCCCCC1. The number of aromatic nitrogens is 1. The fourth-order valence-electron chi connectivity index (χ4n) is 3.51. The van der Waals surface area contributed by atoms with Crippen molar-refractivity contribution < 1.29 is 9.53 Å². The van der Waals surface area contributed by atoms with Crippen molar-refractivity contribution >= 4 is 17.3 Å². The zero-order valence-electron chi connectivity index (χ0n) is 15.3. The number of benzene rings is 1. The first-order valence-corrected chi connectivity index (χ1v) is 8.92. The Balaban J connectivity index is 2.19. The molecular weight excluding hydrogens is 328 g/mol. The van der Waals surface area contributed by atoms with Gasteiger partial charge in [0.1, 0.15) is 6.07 Å². The number of esters is 1. The maximum atomic E-state index is 12.3. The minimum absolute atomic E-state index is 0.155. The van der Waals surface area contributed by atoms with Gasteiger partial charge in [-0.05, 0) is 37.5 Å². The number of ether oxygens (including phenoxy) is 1. The monoisotopic (exact) mass is 352 g/mol. The molecule has 26 heavy (non-hydrogen) atoms. The Morgan fingerprint density at radius 3 is 2.50 bits per heavy atom. The van der Waals surface area contributed by atoms with Gasteiger partial charge in [-0.25, -0.2) is 4.79 Å². The molecule has 0 amide bonds. The lowest BCUT2D eigenvalue weighted by Gasteiger charge is -2.26. The molecule has 1 aliphatic rings. The number of hydrogen-bond donors (Lipinski definition) is 1. The molecule has 6 nitrogen and oxygen atoms in total. The molecule has 3 rings (SSSR count). The van der Waals surface area contributed by atoms with Crippen molar-refractivity contribution in [2.75, 3.05) is 30.8 Å². The highest BCUT2D eigenvalue weighted by Crippen LogP contribution is 2.32. The molecule has 1 aromatic heterocycles. The molecule has 0 saturated carbocycles. The number of nitrogens with zero attached hydrogens (tertiary/aromatic N) is 3. The number of rotatable bonds is 3. The second-order valence-corrected chi connectivity index (χ2v) is 6.67. The number of nitriles is 1. The molecule has 0 unspecified atom stereocenters. The first-order valence-electron chi connectivity index (χ1n) is 8.92. The van der Waals surface area contributed by atoms with Crippen molar-refractivity contribution in [1.29, 1.82) is 5.26 Å². The number of nitrogens with two attached hydrogens (primary N) is 1. The van der Waals surface area contributed by atoms with E-state index >= 15 is 0 Å². The van der Waals surface area contributed by atoms with Gasteiger partial charge in [-0.15, -0.1) is 0 Å². The first-order chi connectivity index (χ1) is 12.6. The van der Waals surface area contributed by atoms with Crippen molar-refractivity contribution in [3.63, 3.8) is 0 Å². The number of methoxy groups -OCH3 is 1. The van der Waals surface area contributed by atoms with E-state index in [1.54, 1.807) is 10.8 Å². The van der Waals surface area contributed by atoms with Gasteiger partial charge in [0.15, 0.2) is 5.69 Å². The molecule has 0 aliphatic carbocycles. The van der Waals surface area contributed by atoms with E-state index in [1.165, 1.54) is 20.0 Å². The van der Waals surface area contributed by atoms with Gasteiger partial charge in [0, 0.05) is 19.3 Å². The summed E-state index contributed by atoms with van der Waals surface area (Å²) in [5, 5.41) is 9.36. The Morgan fingerprint density at radius 2 is 1.88 bits per heavy atom. The van der Waals surface area contributed by atoms with E-state index in [0.717, 1.165) is 42.9 Å². The van der Waals surface area contributed by atoms with Crippen molar-refractivity contribution in [3.05, 3.63) is 41.2 Å². The van der Waals surface area contributed by atoms with E-state index in [1.807, 2.05) is 13.0 Å². The fraction of sp³-hybridized carbons (Fsp3) is 0.400. The van der Waals surface area contributed by atoms with E-state index < -0.39 is 5.97 Å². The maximum absolute atomic E-state index is 12.3. The third kappa shape index (κ3) is 3.25. The number of anilines is 2. The molecule has 0 atom stereocenters. The molecule has 2 heterocycles. The van der Waals surface area contributed by atoms with E-state index in [-0.39, 0.29) is 16.9 Å². The number of carbonyl (C=O) groups excluding carboxylic acids is 1. The van der Waals surface area contributed by atoms with Gasteiger partial charge in [-0.3, -0.25) is 0 Å². The summed E-state index contributed by atoms with van der Waals surface area (Å²) in [4.78, 5) is 14.7. The third-order valence-corrected chi connectivity index (χ3v) is 4.88. The normalized spacial score (nSPS) is 14.6. The highest BCUT2D eigenvalue weighted by atomic mass is 16.5. The molecule has 0 bridgehead atoms. The zero-order valence-corrected chi connectivity index (χ0v) is 15.3. The van der Waals surface area contributed by atoms with E-state index in [0.29, 0.717) is 0 Å². The Labute approximate surface area is 153 Å². The molecule has 2 N–H and O–H groups in total. The second-order valence-electron chi connectivity index (χ2n) is 6.67. The van der Waals surface area contributed by atoms with Gasteiger partial charge in [0.25, 0.3) is 0 Å². The van der Waals surface area contributed by atoms with Gasteiger partial charge in [0.2, 0.25) is 0 Å². The summed E-state index contributed by atoms with van der Waals surface area (Å²) in [6, 6.07) is 8.23. The quantitative estimate of drug-likeness (QED) is 0.856. The molecule has 0 radical (unpaired) electrons. The van der Waals surface area contributed by atoms with Crippen molar-refractivity contribution in [1.82, 2.24) is 4.57 Å². The predicted molar refractivity (Wildman–Crippen MR) is 102 cm³/mol. The standard InChI is InChI=1S/C20H24N4O2/c1-14-7-8-16(23-9-5-3-4-6-10-23)17(11-14)24-13-15(12-21)18(22)19(24)20(25)26-2/h7-8,11,13H,3-6,9-10,22H2,1-2H3. The van der Waals surface area contributed by atoms with Crippen molar-refractivity contribution in [3.8, 4) is 11.8 Å².